The highest BCUT2D eigenvalue weighted by molar-refractivity contribution is 6.16. The fourth-order valence-electron chi connectivity index (χ4n) is 2.77. The van der Waals surface area contributed by atoms with Gasteiger partial charge in [-0.2, -0.15) is 9.48 Å². The van der Waals surface area contributed by atoms with Gasteiger partial charge in [0.1, 0.15) is 17.8 Å². The van der Waals surface area contributed by atoms with Gasteiger partial charge in [-0.05, 0) is 18.2 Å². The fourth-order valence-corrected chi connectivity index (χ4v) is 2.77. The van der Waals surface area contributed by atoms with Crippen LogP contribution in [-0.2, 0) is 14.3 Å². The second kappa shape index (κ2) is 6.87. The third kappa shape index (κ3) is 3.10. The largest absolute Gasteiger partial charge is 0.499 e. The number of carbonyl (C=O) groups excluding carboxylic acids is 3. The Morgan fingerprint density at radius 1 is 1.42 bits per heavy atom. The summed E-state index contributed by atoms with van der Waals surface area (Å²) in [4.78, 5) is 42.3. The average molecular weight is 359 g/mol. The molecule has 8 nitrogen and oxygen atoms in total. The lowest BCUT2D eigenvalue weighted by atomic mass is 9.99. The van der Waals surface area contributed by atoms with Gasteiger partial charge in [-0.15, -0.1) is 4.99 Å². The molecule has 0 fully saturated rings. The van der Waals surface area contributed by atoms with Crippen molar-refractivity contribution in [3.05, 3.63) is 41.9 Å². The molecule has 2 aliphatic rings. The minimum Gasteiger partial charge on any atom is -0.499 e. The van der Waals surface area contributed by atoms with Crippen LogP contribution in [0, 0.1) is 11.7 Å². The van der Waals surface area contributed by atoms with Gasteiger partial charge in [0.25, 0.3) is 11.7 Å². The number of ether oxygens (including phenoxy) is 1. The molecule has 26 heavy (non-hydrogen) atoms. The minimum absolute atomic E-state index is 0.229. The van der Waals surface area contributed by atoms with E-state index in [-0.39, 0.29) is 11.5 Å². The first-order chi connectivity index (χ1) is 12.4. The number of dihydropyridines is 1. The number of methoxy groups -OCH3 is 1. The number of imide groups is 1. The summed E-state index contributed by atoms with van der Waals surface area (Å²) in [7, 11) is 2.87. The molecule has 9 heteroatoms. The number of halogens is 1. The normalized spacial score (nSPS) is 19.3. The molecule has 1 aromatic rings. The number of allylic oxidation sites excluding steroid dienone is 1. The van der Waals surface area contributed by atoms with Gasteiger partial charge in [0.05, 0.1) is 14.2 Å². The summed E-state index contributed by atoms with van der Waals surface area (Å²) >= 11 is 0. The SMILES string of the molecule is COC1=CC=NC2=[N+](C)C(=O)N(CC(=O)Nc3cccc(F)c3)C(=O)C12. The highest BCUT2D eigenvalue weighted by atomic mass is 19.1. The van der Waals surface area contributed by atoms with Crippen LogP contribution in [0.3, 0.4) is 0 Å². The zero-order chi connectivity index (χ0) is 18.8. The molecule has 1 N–H and O–H groups in total. The number of amides is 4. The highest BCUT2D eigenvalue weighted by Crippen LogP contribution is 2.24. The lowest BCUT2D eigenvalue weighted by Crippen LogP contribution is -2.56. The van der Waals surface area contributed by atoms with E-state index in [2.05, 4.69) is 10.3 Å². The van der Waals surface area contributed by atoms with E-state index < -0.39 is 36.1 Å². The van der Waals surface area contributed by atoms with Crippen LogP contribution in [0.5, 0.6) is 0 Å². The van der Waals surface area contributed by atoms with E-state index in [9.17, 15) is 18.8 Å². The van der Waals surface area contributed by atoms with Crippen LogP contribution in [0.4, 0.5) is 14.9 Å². The Balaban J connectivity index is 1.82. The molecule has 4 amide bonds. The summed E-state index contributed by atoms with van der Waals surface area (Å²) in [5.74, 6) is -2.08. The predicted molar refractivity (Wildman–Crippen MR) is 90.4 cm³/mol. The van der Waals surface area contributed by atoms with E-state index in [1.807, 2.05) is 0 Å². The number of fused-ring (bicyclic) bond motifs is 1. The van der Waals surface area contributed by atoms with Gasteiger partial charge >= 0.3 is 11.9 Å². The second-order valence-corrected chi connectivity index (χ2v) is 5.67. The first-order valence-corrected chi connectivity index (χ1v) is 7.72. The summed E-state index contributed by atoms with van der Waals surface area (Å²) in [6.45, 7) is -0.511. The van der Waals surface area contributed by atoms with Gasteiger partial charge in [0, 0.05) is 11.8 Å². The third-order valence-electron chi connectivity index (χ3n) is 4.01. The van der Waals surface area contributed by atoms with Crippen LogP contribution in [-0.4, -0.2) is 60.1 Å². The van der Waals surface area contributed by atoms with Crippen molar-refractivity contribution in [1.82, 2.24) is 4.90 Å². The van der Waals surface area contributed by atoms with Crippen molar-refractivity contribution in [1.29, 1.82) is 0 Å². The van der Waals surface area contributed by atoms with Gasteiger partial charge in [-0.1, -0.05) is 6.07 Å². The molecule has 1 unspecified atom stereocenters. The van der Waals surface area contributed by atoms with Gasteiger partial charge in [0.2, 0.25) is 0 Å². The number of aliphatic imine (C=N–C) groups is 1. The highest BCUT2D eigenvalue weighted by Gasteiger charge is 2.49. The molecule has 2 aliphatic heterocycles. The topological polar surface area (TPSA) is 91.1 Å². The van der Waals surface area contributed by atoms with Crippen molar-refractivity contribution in [2.24, 2.45) is 10.9 Å². The Morgan fingerprint density at radius 2 is 2.19 bits per heavy atom. The number of hydrogen-bond donors (Lipinski definition) is 1. The summed E-state index contributed by atoms with van der Waals surface area (Å²) in [6, 6.07) is 4.64. The molecule has 3 rings (SSSR count). The number of carbonyl (C=O) groups is 3. The number of hydrogen-bond acceptors (Lipinski definition) is 5. The van der Waals surface area contributed by atoms with Crippen LogP contribution < -0.4 is 5.32 Å². The summed E-state index contributed by atoms with van der Waals surface area (Å²) in [5, 5.41) is 2.46. The Bertz CT molecular complexity index is 891. The zero-order valence-electron chi connectivity index (χ0n) is 14.1. The van der Waals surface area contributed by atoms with Crippen LogP contribution in [0.15, 0.2) is 41.1 Å². The van der Waals surface area contributed by atoms with E-state index >= 15 is 0 Å². The Labute approximate surface area is 148 Å². The molecule has 1 atom stereocenters. The van der Waals surface area contributed by atoms with Gasteiger partial charge < -0.3 is 10.1 Å². The van der Waals surface area contributed by atoms with Crippen molar-refractivity contribution in [2.75, 3.05) is 26.0 Å². The maximum Gasteiger partial charge on any atom is 0.446 e. The van der Waals surface area contributed by atoms with E-state index in [4.69, 9.17) is 4.74 Å². The van der Waals surface area contributed by atoms with Crippen LogP contribution in [0.2, 0.25) is 0 Å². The summed E-state index contributed by atoms with van der Waals surface area (Å²) in [6.07, 6.45) is 2.97. The smallest absolute Gasteiger partial charge is 0.446 e. The Morgan fingerprint density at radius 3 is 2.88 bits per heavy atom. The third-order valence-corrected chi connectivity index (χ3v) is 4.01. The molecule has 0 aromatic heterocycles. The van der Waals surface area contributed by atoms with Crippen molar-refractivity contribution in [3.8, 4) is 0 Å². The van der Waals surface area contributed by atoms with E-state index in [1.165, 1.54) is 49.2 Å². The Kier molecular flexibility index (Phi) is 4.61. The molecule has 0 radical (unpaired) electrons. The molecule has 0 aliphatic carbocycles. The number of nitrogens with zero attached hydrogens (tertiary/aromatic N) is 3. The monoisotopic (exact) mass is 359 g/mol. The van der Waals surface area contributed by atoms with Crippen molar-refractivity contribution < 1.29 is 28.1 Å². The Hall–Kier alpha value is -3.36. The lowest BCUT2D eigenvalue weighted by molar-refractivity contribution is -0.408. The van der Waals surface area contributed by atoms with Crippen molar-refractivity contribution in [2.45, 2.75) is 0 Å². The fraction of sp³-hybridized carbons (Fsp3) is 0.235. The summed E-state index contributed by atoms with van der Waals surface area (Å²) in [5.41, 5.74) is 0.229. The molecule has 2 heterocycles. The zero-order valence-corrected chi connectivity index (χ0v) is 14.1. The maximum absolute atomic E-state index is 13.2. The van der Waals surface area contributed by atoms with Crippen LogP contribution in [0.1, 0.15) is 0 Å². The second-order valence-electron chi connectivity index (χ2n) is 5.67. The number of rotatable bonds is 4. The number of amidine groups is 1. The number of anilines is 1. The molecule has 0 bridgehead atoms. The van der Waals surface area contributed by atoms with E-state index in [1.54, 1.807) is 0 Å². The van der Waals surface area contributed by atoms with Crippen LogP contribution in [0.25, 0.3) is 0 Å². The van der Waals surface area contributed by atoms with Crippen molar-refractivity contribution >= 4 is 35.6 Å². The molecule has 0 spiro atoms. The predicted octanol–water partition coefficient (Wildman–Crippen LogP) is 0.998. The van der Waals surface area contributed by atoms with Crippen molar-refractivity contribution in [3.63, 3.8) is 0 Å². The van der Waals surface area contributed by atoms with E-state index in [0.29, 0.717) is 5.76 Å². The molecule has 0 saturated carbocycles. The summed E-state index contributed by atoms with van der Waals surface area (Å²) < 4.78 is 19.6. The minimum atomic E-state index is -0.894. The molecular formula is C17H16FN4O4+. The number of benzene rings is 1. The van der Waals surface area contributed by atoms with Gasteiger partial charge in [-0.25, -0.2) is 9.18 Å². The van der Waals surface area contributed by atoms with Gasteiger partial charge in [-0.3, -0.25) is 9.59 Å². The lowest BCUT2D eigenvalue weighted by Gasteiger charge is -2.27. The quantitative estimate of drug-likeness (QED) is 0.812. The molecule has 0 saturated heterocycles. The molecule has 134 valence electrons. The average Bonchev–Trinajstić information content (AvgIpc) is 2.62. The number of urea groups is 1. The van der Waals surface area contributed by atoms with Gasteiger partial charge in [0.15, 0.2) is 12.5 Å². The standard InChI is InChI=1S/C17H15FN4O4/c1-21-15-14(12(26-2)6-7-19-15)16(24)22(17(21)25)9-13(23)20-11-5-3-4-10(18)8-11/h3-8,14H,9H2,1-2H3/p+1. The molecular weight excluding hydrogens is 343 g/mol. The van der Waals surface area contributed by atoms with Crippen LogP contribution >= 0.6 is 0 Å². The maximum atomic E-state index is 13.2. The number of nitrogens with one attached hydrogen (secondary N) is 1. The first-order valence-electron chi connectivity index (χ1n) is 7.72. The van der Waals surface area contributed by atoms with E-state index in [0.717, 1.165) is 11.0 Å². The molecule has 1 aromatic carbocycles. The first kappa shape index (κ1) is 17.5.